The number of imidazole rings is 1. The number of hydrogen-bond donors (Lipinski definition) is 2. The van der Waals surface area contributed by atoms with Gasteiger partial charge in [0.25, 0.3) is 11.8 Å². The number of aromatic amines is 1. The Morgan fingerprint density at radius 1 is 0.424 bits per heavy atom. The molecule has 3 atom stereocenters. The zero-order chi connectivity index (χ0) is 61.6. The molecule has 1 aromatic heterocycles. The maximum atomic E-state index is 14.4. The van der Waals surface area contributed by atoms with E-state index in [1.165, 1.54) is 135 Å². The van der Waals surface area contributed by atoms with Crippen LogP contribution in [0.15, 0.2) is 12.5 Å². The average Bonchev–Trinajstić information content (AvgIpc) is 4.07. The highest BCUT2D eigenvalue weighted by atomic mass is 16.6. The van der Waals surface area contributed by atoms with Crippen molar-refractivity contribution in [2.45, 2.75) is 285 Å². The number of rotatable bonds is 67. The third kappa shape index (κ3) is 49.4. The van der Waals surface area contributed by atoms with Gasteiger partial charge in [0.05, 0.1) is 97.0 Å². The standard InChI is InChI=1S/C69H130N4O12/c1-6-11-16-21-24-33-42-62(40-31-19-14-9-4)68(76)84-49-38-28-27-36-47-82-60-65(83-48-37-29-30-39-50-85-69(77)63(41-32-20-15-10-5)43-34-25-22-17-12-7-2)67(75)73(45-35-26-23-18-13-8-3)46-52-79-54-56-81-58-57-80-55-53-78-51-44-71-66(74)64-59-70-61-72-64/h59,61-63,65H,6-58,60H2,1-5H3,(H,70,72)(H,71,74). The van der Waals surface area contributed by atoms with Crippen LogP contribution in [0.2, 0.25) is 0 Å². The molecule has 3 unspecified atom stereocenters. The van der Waals surface area contributed by atoms with Gasteiger partial charge < -0.3 is 53.1 Å². The van der Waals surface area contributed by atoms with Crippen LogP contribution < -0.4 is 5.32 Å². The van der Waals surface area contributed by atoms with E-state index >= 15 is 0 Å². The number of hydrogen-bond acceptors (Lipinski definition) is 13. The van der Waals surface area contributed by atoms with Gasteiger partial charge in [-0.25, -0.2) is 4.98 Å². The second-order valence-corrected chi connectivity index (χ2v) is 23.6. The van der Waals surface area contributed by atoms with E-state index < -0.39 is 6.10 Å². The molecule has 2 N–H and O–H groups in total. The zero-order valence-electron chi connectivity index (χ0n) is 55.4. The molecule has 2 amide bonds. The van der Waals surface area contributed by atoms with E-state index in [-0.39, 0.29) is 42.2 Å². The van der Waals surface area contributed by atoms with Crippen LogP contribution in [-0.4, -0.2) is 150 Å². The van der Waals surface area contributed by atoms with E-state index in [1.54, 1.807) is 0 Å². The van der Waals surface area contributed by atoms with Crippen molar-refractivity contribution >= 4 is 23.8 Å². The minimum atomic E-state index is -0.727. The van der Waals surface area contributed by atoms with Gasteiger partial charge in [-0.3, -0.25) is 19.2 Å². The minimum Gasteiger partial charge on any atom is -0.465 e. The smallest absolute Gasteiger partial charge is 0.308 e. The molecule has 498 valence electrons. The lowest BCUT2D eigenvalue weighted by atomic mass is 9.94. The third-order valence-electron chi connectivity index (χ3n) is 15.9. The summed E-state index contributed by atoms with van der Waals surface area (Å²) in [6, 6.07) is 0. The van der Waals surface area contributed by atoms with Crippen molar-refractivity contribution in [3.63, 3.8) is 0 Å². The summed E-state index contributed by atoms with van der Waals surface area (Å²) in [5.74, 6) is -0.275. The number of carbonyl (C=O) groups excluding carboxylic acids is 4. The summed E-state index contributed by atoms with van der Waals surface area (Å²) in [6.45, 7) is 17.9. The minimum absolute atomic E-state index is 0.00688. The van der Waals surface area contributed by atoms with Crippen LogP contribution in [0.4, 0.5) is 0 Å². The second kappa shape index (κ2) is 62.5. The van der Waals surface area contributed by atoms with Crippen molar-refractivity contribution in [3.8, 4) is 0 Å². The van der Waals surface area contributed by atoms with Gasteiger partial charge in [0.2, 0.25) is 0 Å². The first-order chi connectivity index (χ1) is 41.8. The molecule has 85 heavy (non-hydrogen) atoms. The maximum Gasteiger partial charge on any atom is 0.308 e. The summed E-state index contributed by atoms with van der Waals surface area (Å²) in [7, 11) is 0. The second-order valence-electron chi connectivity index (χ2n) is 23.6. The average molecular weight is 1210 g/mol. The van der Waals surface area contributed by atoms with E-state index in [0.717, 1.165) is 122 Å². The van der Waals surface area contributed by atoms with Gasteiger partial charge in [0.1, 0.15) is 5.69 Å². The molecular formula is C69H130N4O12. The van der Waals surface area contributed by atoms with Crippen LogP contribution in [0.5, 0.6) is 0 Å². The number of aromatic nitrogens is 2. The summed E-state index contributed by atoms with van der Waals surface area (Å²) >= 11 is 0. The van der Waals surface area contributed by atoms with Gasteiger partial charge in [-0.2, -0.15) is 0 Å². The number of nitrogens with zero attached hydrogens (tertiary/aromatic N) is 2. The molecule has 1 aromatic rings. The molecule has 0 radical (unpaired) electrons. The lowest BCUT2D eigenvalue weighted by Gasteiger charge is -2.28. The Balaban J connectivity index is 2.73. The predicted molar refractivity (Wildman–Crippen MR) is 344 cm³/mol. The number of unbranched alkanes of at least 4 members (excludes halogenated alkanes) is 27. The molecule has 0 saturated carbocycles. The van der Waals surface area contributed by atoms with Gasteiger partial charge in [-0.15, -0.1) is 0 Å². The van der Waals surface area contributed by atoms with Gasteiger partial charge >= 0.3 is 11.9 Å². The van der Waals surface area contributed by atoms with Crippen LogP contribution >= 0.6 is 0 Å². The van der Waals surface area contributed by atoms with Crippen molar-refractivity contribution in [3.05, 3.63) is 18.2 Å². The molecule has 1 heterocycles. The lowest BCUT2D eigenvalue weighted by molar-refractivity contribution is -0.150. The first-order valence-corrected chi connectivity index (χ1v) is 35.2. The highest BCUT2D eigenvalue weighted by Crippen LogP contribution is 2.23. The van der Waals surface area contributed by atoms with Crippen LogP contribution in [0.25, 0.3) is 0 Å². The first-order valence-electron chi connectivity index (χ1n) is 35.2. The van der Waals surface area contributed by atoms with Crippen LogP contribution in [0, 0.1) is 11.8 Å². The van der Waals surface area contributed by atoms with E-state index in [9.17, 15) is 19.2 Å². The fourth-order valence-corrected chi connectivity index (χ4v) is 10.4. The predicted octanol–water partition coefficient (Wildman–Crippen LogP) is 15.7. The monoisotopic (exact) mass is 1210 g/mol. The van der Waals surface area contributed by atoms with Crippen molar-refractivity contribution in [1.82, 2.24) is 20.2 Å². The van der Waals surface area contributed by atoms with Crippen molar-refractivity contribution < 1.29 is 57.1 Å². The molecule has 0 spiro atoms. The molecule has 0 bridgehead atoms. The fourth-order valence-electron chi connectivity index (χ4n) is 10.4. The number of ether oxygens (including phenoxy) is 8. The molecule has 16 nitrogen and oxygen atoms in total. The molecule has 0 aliphatic heterocycles. The maximum absolute atomic E-state index is 14.4. The SMILES string of the molecule is CCCCCCCCC(CCCCCC)C(=O)OCCCCCCOCC(OCCCCCCOC(=O)C(CCCCCC)CCCCCCCC)C(=O)N(CCCCCCCC)CCOCCOCCOCCOCCNC(=O)c1cnc[nH]1. The van der Waals surface area contributed by atoms with Crippen LogP contribution in [0.3, 0.4) is 0 Å². The van der Waals surface area contributed by atoms with Gasteiger partial charge in [0, 0.05) is 32.8 Å². The number of amides is 2. The van der Waals surface area contributed by atoms with Gasteiger partial charge in [-0.05, 0) is 70.6 Å². The lowest BCUT2D eigenvalue weighted by Crippen LogP contribution is -2.45. The topological polar surface area (TPSA) is 186 Å². The van der Waals surface area contributed by atoms with E-state index in [4.69, 9.17) is 37.9 Å². The summed E-state index contributed by atoms with van der Waals surface area (Å²) in [5, 5.41) is 2.77. The van der Waals surface area contributed by atoms with Gasteiger partial charge in [-0.1, -0.05) is 208 Å². The van der Waals surface area contributed by atoms with E-state index in [1.807, 2.05) is 4.90 Å². The molecule has 16 heteroatoms. The van der Waals surface area contributed by atoms with Gasteiger partial charge in [0.15, 0.2) is 6.10 Å². The Morgan fingerprint density at radius 3 is 1.27 bits per heavy atom. The number of H-pyrrole nitrogens is 1. The Morgan fingerprint density at radius 2 is 0.812 bits per heavy atom. The van der Waals surface area contributed by atoms with Crippen molar-refractivity contribution in [1.29, 1.82) is 0 Å². The fraction of sp³-hybridized carbons (Fsp3) is 0.899. The largest absolute Gasteiger partial charge is 0.465 e. The summed E-state index contributed by atoms with van der Waals surface area (Å²) in [5.41, 5.74) is 0.411. The van der Waals surface area contributed by atoms with Crippen LogP contribution in [-0.2, 0) is 52.3 Å². The third-order valence-corrected chi connectivity index (χ3v) is 15.9. The van der Waals surface area contributed by atoms with Crippen molar-refractivity contribution in [2.24, 2.45) is 11.8 Å². The Hall–Kier alpha value is -3.15. The van der Waals surface area contributed by atoms with E-state index in [0.29, 0.717) is 105 Å². The zero-order valence-corrected chi connectivity index (χ0v) is 55.4. The normalized spacial score (nSPS) is 12.6. The molecule has 1 rings (SSSR count). The number of esters is 2. The Labute approximate surface area is 519 Å². The number of nitrogens with one attached hydrogen (secondary N) is 2. The first kappa shape index (κ1) is 79.9. The molecule has 0 aliphatic rings. The molecule has 0 saturated heterocycles. The summed E-state index contributed by atoms with van der Waals surface area (Å²) in [6.07, 6.45) is 43.8. The molecule has 0 aliphatic carbocycles. The summed E-state index contributed by atoms with van der Waals surface area (Å²) in [4.78, 5) is 61.4. The quantitative estimate of drug-likeness (QED) is 0.0464. The highest BCUT2D eigenvalue weighted by Gasteiger charge is 2.26. The molecule has 0 fully saturated rings. The molecular weight excluding hydrogens is 1080 g/mol. The molecule has 0 aromatic carbocycles. The Kier molecular flexibility index (Phi) is 58.7. The Bertz CT molecular complexity index is 1610. The number of carbonyl (C=O) groups is 4. The summed E-state index contributed by atoms with van der Waals surface area (Å²) < 4.78 is 47.3. The van der Waals surface area contributed by atoms with Crippen molar-refractivity contribution in [2.75, 3.05) is 106 Å². The van der Waals surface area contributed by atoms with E-state index in [2.05, 4.69) is 49.9 Å². The highest BCUT2D eigenvalue weighted by molar-refractivity contribution is 5.91. The van der Waals surface area contributed by atoms with Crippen LogP contribution in [0.1, 0.15) is 289 Å².